The highest BCUT2D eigenvalue weighted by Crippen LogP contribution is 2.00. The zero-order valence-electron chi connectivity index (χ0n) is 9.40. The molecule has 1 aromatic rings. The van der Waals surface area contributed by atoms with Crippen LogP contribution in [-0.2, 0) is 4.74 Å². The number of anilines is 1. The van der Waals surface area contributed by atoms with Crippen LogP contribution in [-0.4, -0.2) is 31.2 Å². The van der Waals surface area contributed by atoms with Crippen LogP contribution < -0.4 is 11.1 Å². The van der Waals surface area contributed by atoms with Gasteiger partial charge in [-0.2, -0.15) is 0 Å². The Morgan fingerprint density at radius 1 is 1.50 bits per heavy atom. The summed E-state index contributed by atoms with van der Waals surface area (Å²) in [6.07, 6.45) is 1.82. The van der Waals surface area contributed by atoms with E-state index in [-0.39, 0.29) is 5.91 Å². The van der Waals surface area contributed by atoms with E-state index in [1.54, 1.807) is 25.3 Å². The predicted octanol–water partition coefficient (Wildman–Crippen LogP) is 0.820. The van der Waals surface area contributed by atoms with E-state index in [2.05, 4.69) is 10.3 Å². The van der Waals surface area contributed by atoms with Crippen molar-refractivity contribution in [2.24, 2.45) is 0 Å². The summed E-state index contributed by atoms with van der Waals surface area (Å²) < 4.78 is 4.91. The molecular formula is C11H17N3O2. The van der Waals surface area contributed by atoms with Crippen molar-refractivity contribution in [1.82, 2.24) is 10.3 Å². The summed E-state index contributed by atoms with van der Waals surface area (Å²) in [4.78, 5) is 15.5. The minimum absolute atomic E-state index is 0.190. The number of carbonyl (C=O) groups is 1. The summed E-state index contributed by atoms with van der Waals surface area (Å²) >= 11 is 0. The Labute approximate surface area is 95.0 Å². The molecule has 0 saturated carbocycles. The molecule has 0 spiro atoms. The van der Waals surface area contributed by atoms with Gasteiger partial charge < -0.3 is 15.8 Å². The lowest BCUT2D eigenvalue weighted by molar-refractivity contribution is 0.0946. The molecule has 0 aliphatic heterocycles. The number of hydrogen-bond acceptors (Lipinski definition) is 4. The fraction of sp³-hybridized carbons (Fsp3) is 0.455. The van der Waals surface area contributed by atoms with Crippen LogP contribution in [0.15, 0.2) is 18.2 Å². The molecule has 0 radical (unpaired) electrons. The van der Waals surface area contributed by atoms with Crippen molar-refractivity contribution in [1.29, 1.82) is 0 Å². The molecule has 0 aliphatic rings. The highest BCUT2D eigenvalue weighted by atomic mass is 16.5. The first-order chi connectivity index (χ1) is 7.74. The Bertz CT molecular complexity index is 342. The number of rotatable bonds is 6. The second kappa shape index (κ2) is 6.79. The van der Waals surface area contributed by atoms with E-state index < -0.39 is 0 Å². The van der Waals surface area contributed by atoms with Gasteiger partial charge in [0.1, 0.15) is 11.5 Å². The van der Waals surface area contributed by atoms with Crippen molar-refractivity contribution in [3.8, 4) is 0 Å². The quantitative estimate of drug-likeness (QED) is 0.700. The van der Waals surface area contributed by atoms with Crippen molar-refractivity contribution in [2.75, 3.05) is 26.0 Å². The number of hydrogen-bond donors (Lipinski definition) is 2. The smallest absolute Gasteiger partial charge is 0.269 e. The van der Waals surface area contributed by atoms with E-state index in [9.17, 15) is 4.79 Å². The van der Waals surface area contributed by atoms with Gasteiger partial charge in [0.05, 0.1) is 0 Å². The second-order valence-corrected chi connectivity index (χ2v) is 3.40. The lowest BCUT2D eigenvalue weighted by Crippen LogP contribution is -2.25. The number of nitrogens with one attached hydrogen (secondary N) is 1. The minimum atomic E-state index is -0.190. The molecule has 1 aromatic heterocycles. The molecule has 0 saturated heterocycles. The van der Waals surface area contributed by atoms with Gasteiger partial charge in [0.15, 0.2) is 0 Å². The Balaban J connectivity index is 2.30. The monoisotopic (exact) mass is 223 g/mol. The average molecular weight is 223 g/mol. The maximum absolute atomic E-state index is 11.6. The number of amides is 1. The Kier molecular flexibility index (Phi) is 5.28. The van der Waals surface area contributed by atoms with Crippen molar-refractivity contribution < 1.29 is 9.53 Å². The van der Waals surface area contributed by atoms with Gasteiger partial charge in [-0.15, -0.1) is 0 Å². The lowest BCUT2D eigenvalue weighted by atomic mass is 10.3. The highest BCUT2D eigenvalue weighted by molar-refractivity contribution is 5.92. The van der Waals surface area contributed by atoms with Gasteiger partial charge >= 0.3 is 0 Å². The molecule has 0 aliphatic carbocycles. The number of pyridine rings is 1. The van der Waals surface area contributed by atoms with Gasteiger partial charge in [-0.25, -0.2) is 4.98 Å². The van der Waals surface area contributed by atoms with Crippen LogP contribution in [0.3, 0.4) is 0 Å². The molecule has 88 valence electrons. The summed E-state index contributed by atoms with van der Waals surface area (Å²) in [5.74, 6) is 0.164. The molecule has 0 fully saturated rings. The third kappa shape index (κ3) is 4.27. The molecule has 5 nitrogen and oxygen atoms in total. The van der Waals surface area contributed by atoms with Crippen LogP contribution in [0.25, 0.3) is 0 Å². The molecule has 0 aromatic carbocycles. The van der Waals surface area contributed by atoms with Gasteiger partial charge in [-0.1, -0.05) is 6.07 Å². The van der Waals surface area contributed by atoms with Crippen molar-refractivity contribution in [3.63, 3.8) is 0 Å². The maximum Gasteiger partial charge on any atom is 0.269 e. The number of unbranched alkanes of at least 4 members (excludes halogenated alkanes) is 1. The lowest BCUT2D eigenvalue weighted by Gasteiger charge is -2.04. The van der Waals surface area contributed by atoms with Crippen molar-refractivity contribution in [3.05, 3.63) is 23.9 Å². The number of nitrogens with two attached hydrogens (primary N) is 1. The summed E-state index contributed by atoms with van der Waals surface area (Å²) in [6, 6.07) is 5.00. The number of carbonyl (C=O) groups excluding carboxylic acids is 1. The zero-order chi connectivity index (χ0) is 11.8. The summed E-state index contributed by atoms with van der Waals surface area (Å²) in [5.41, 5.74) is 5.84. The normalized spacial score (nSPS) is 10.1. The van der Waals surface area contributed by atoms with Gasteiger partial charge in [0.2, 0.25) is 0 Å². The first-order valence-electron chi connectivity index (χ1n) is 5.23. The van der Waals surface area contributed by atoms with Gasteiger partial charge in [-0.3, -0.25) is 4.79 Å². The fourth-order valence-electron chi connectivity index (χ4n) is 1.24. The minimum Gasteiger partial charge on any atom is -0.385 e. The molecule has 16 heavy (non-hydrogen) atoms. The first-order valence-corrected chi connectivity index (χ1v) is 5.23. The van der Waals surface area contributed by atoms with E-state index in [4.69, 9.17) is 10.5 Å². The summed E-state index contributed by atoms with van der Waals surface area (Å²) in [6.45, 7) is 1.34. The molecular weight excluding hydrogens is 206 g/mol. The third-order valence-electron chi connectivity index (χ3n) is 2.06. The molecule has 0 atom stereocenters. The predicted molar refractivity (Wildman–Crippen MR) is 62.1 cm³/mol. The van der Waals surface area contributed by atoms with Crippen LogP contribution >= 0.6 is 0 Å². The van der Waals surface area contributed by atoms with E-state index in [1.807, 2.05) is 0 Å². The molecule has 3 N–H and O–H groups in total. The topological polar surface area (TPSA) is 77.2 Å². The van der Waals surface area contributed by atoms with Gasteiger partial charge in [-0.05, 0) is 25.0 Å². The van der Waals surface area contributed by atoms with Gasteiger partial charge in [0.25, 0.3) is 5.91 Å². The van der Waals surface area contributed by atoms with Gasteiger partial charge in [0, 0.05) is 20.3 Å². The number of nitrogens with zero attached hydrogens (tertiary/aromatic N) is 1. The molecule has 0 bridgehead atoms. The van der Waals surface area contributed by atoms with Crippen molar-refractivity contribution in [2.45, 2.75) is 12.8 Å². The maximum atomic E-state index is 11.6. The van der Waals surface area contributed by atoms with Crippen molar-refractivity contribution >= 4 is 11.7 Å². The second-order valence-electron chi connectivity index (χ2n) is 3.40. The third-order valence-corrected chi connectivity index (χ3v) is 2.06. The number of nitrogen functional groups attached to an aromatic ring is 1. The fourth-order valence-corrected chi connectivity index (χ4v) is 1.24. The Hall–Kier alpha value is -1.62. The summed E-state index contributed by atoms with van der Waals surface area (Å²) in [7, 11) is 1.66. The van der Waals surface area contributed by atoms with E-state index in [0.717, 1.165) is 12.8 Å². The number of ether oxygens (including phenoxy) is 1. The van der Waals surface area contributed by atoms with E-state index in [1.165, 1.54) is 0 Å². The zero-order valence-corrected chi connectivity index (χ0v) is 9.40. The van der Waals surface area contributed by atoms with E-state index in [0.29, 0.717) is 24.7 Å². The standard InChI is InChI=1S/C11H17N3O2/c1-16-8-3-2-7-13-11(15)9-5-4-6-10(12)14-9/h4-6H,2-3,7-8H2,1H3,(H2,12,14)(H,13,15). The molecule has 0 unspecified atom stereocenters. The Morgan fingerprint density at radius 2 is 2.31 bits per heavy atom. The molecule has 5 heteroatoms. The van der Waals surface area contributed by atoms with Crippen LogP contribution in [0, 0.1) is 0 Å². The molecule has 1 rings (SSSR count). The molecule has 1 amide bonds. The number of methoxy groups -OCH3 is 1. The molecule has 1 heterocycles. The Morgan fingerprint density at radius 3 is 3.00 bits per heavy atom. The highest BCUT2D eigenvalue weighted by Gasteiger charge is 2.05. The average Bonchev–Trinajstić information content (AvgIpc) is 2.28. The van der Waals surface area contributed by atoms with Crippen LogP contribution in [0.2, 0.25) is 0 Å². The van der Waals surface area contributed by atoms with E-state index >= 15 is 0 Å². The summed E-state index contributed by atoms with van der Waals surface area (Å²) in [5, 5.41) is 2.77. The van der Waals surface area contributed by atoms with Crippen LogP contribution in [0.1, 0.15) is 23.3 Å². The SMILES string of the molecule is COCCCCNC(=O)c1cccc(N)n1. The largest absolute Gasteiger partial charge is 0.385 e. The number of aromatic nitrogens is 1. The van der Waals surface area contributed by atoms with Crippen LogP contribution in [0.5, 0.6) is 0 Å². The van der Waals surface area contributed by atoms with Crippen LogP contribution in [0.4, 0.5) is 5.82 Å². The first kappa shape index (κ1) is 12.4.